The fraction of sp³-hybridized carbons (Fsp3) is 0.783. The molecule has 2 aliphatic rings. The van der Waals surface area contributed by atoms with Crippen molar-refractivity contribution in [3.05, 3.63) is 0 Å². The smallest absolute Gasteiger partial charge is 0.244 e. The van der Waals surface area contributed by atoms with Gasteiger partial charge in [0.1, 0.15) is 30.2 Å². The van der Waals surface area contributed by atoms with Gasteiger partial charge in [0.05, 0.1) is 0 Å². The highest BCUT2D eigenvalue weighted by atomic mass is 33.1. The van der Waals surface area contributed by atoms with Crippen LogP contribution in [-0.2, 0) is 24.0 Å². The van der Waals surface area contributed by atoms with Gasteiger partial charge in [0.2, 0.25) is 29.5 Å². The van der Waals surface area contributed by atoms with E-state index in [1.54, 1.807) is 13.8 Å². The van der Waals surface area contributed by atoms with E-state index >= 15 is 0 Å². The summed E-state index contributed by atoms with van der Waals surface area (Å²) >= 11 is 0. The summed E-state index contributed by atoms with van der Waals surface area (Å²) in [6, 6.07) is -4.38. The zero-order valence-corrected chi connectivity index (χ0v) is 22.9. The highest BCUT2D eigenvalue weighted by Crippen LogP contribution is 2.25. The molecule has 0 aliphatic carbocycles. The van der Waals surface area contributed by atoms with E-state index in [2.05, 4.69) is 26.6 Å². The Labute approximate surface area is 215 Å². The highest BCUT2D eigenvalue weighted by Gasteiger charge is 2.37. The molecule has 6 atom stereocenters. The van der Waals surface area contributed by atoms with Gasteiger partial charge in [0.15, 0.2) is 0 Å². The maximum Gasteiger partial charge on any atom is 0.244 e. The summed E-state index contributed by atoms with van der Waals surface area (Å²) < 4.78 is 0. The maximum atomic E-state index is 13.3. The molecule has 5 N–H and O–H groups in total. The maximum absolute atomic E-state index is 13.3. The number of carbonyl (C=O) groups is 5. The quantitative estimate of drug-likeness (QED) is 0.327. The molecule has 0 spiro atoms. The van der Waals surface area contributed by atoms with E-state index in [9.17, 15) is 24.0 Å². The Morgan fingerprint density at radius 2 is 1.17 bits per heavy atom. The summed E-state index contributed by atoms with van der Waals surface area (Å²) in [5.41, 5.74) is 0. The highest BCUT2D eigenvalue weighted by molar-refractivity contribution is 8.76. The van der Waals surface area contributed by atoms with Crippen LogP contribution in [0.4, 0.5) is 0 Å². The van der Waals surface area contributed by atoms with Gasteiger partial charge in [-0.25, -0.2) is 0 Å². The predicted molar refractivity (Wildman–Crippen MR) is 138 cm³/mol. The van der Waals surface area contributed by atoms with E-state index in [0.717, 1.165) is 0 Å². The van der Waals surface area contributed by atoms with Crippen molar-refractivity contribution in [2.75, 3.05) is 11.5 Å². The topological polar surface area (TPSA) is 146 Å². The molecule has 2 heterocycles. The van der Waals surface area contributed by atoms with Gasteiger partial charge in [0.25, 0.3) is 0 Å². The van der Waals surface area contributed by atoms with E-state index in [4.69, 9.17) is 0 Å². The van der Waals surface area contributed by atoms with Gasteiger partial charge < -0.3 is 26.6 Å². The van der Waals surface area contributed by atoms with Gasteiger partial charge in [-0.05, 0) is 24.2 Å². The lowest BCUT2D eigenvalue weighted by molar-refractivity contribution is -0.135. The van der Waals surface area contributed by atoms with Crippen LogP contribution in [0.5, 0.6) is 0 Å². The molecule has 35 heavy (non-hydrogen) atoms. The first kappa shape index (κ1) is 29.3. The molecule has 0 saturated carbocycles. The fourth-order valence-electron chi connectivity index (χ4n) is 3.84. The second kappa shape index (κ2) is 13.4. The van der Waals surface area contributed by atoms with Gasteiger partial charge in [-0.2, -0.15) is 0 Å². The summed E-state index contributed by atoms with van der Waals surface area (Å²) in [6.45, 7) is 11.2. The molecule has 2 fully saturated rings. The lowest BCUT2D eigenvalue weighted by atomic mass is 9.96. The van der Waals surface area contributed by atoms with Crippen LogP contribution < -0.4 is 26.6 Å². The number of fused-ring (bicyclic) bond motifs is 3. The first-order valence-corrected chi connectivity index (χ1v) is 14.7. The zero-order chi connectivity index (χ0) is 26.3. The van der Waals surface area contributed by atoms with Crippen LogP contribution in [0.25, 0.3) is 0 Å². The van der Waals surface area contributed by atoms with Gasteiger partial charge in [0, 0.05) is 11.5 Å². The molecule has 2 saturated heterocycles. The fourth-order valence-corrected chi connectivity index (χ4v) is 6.17. The molecule has 5 amide bonds. The Hall–Kier alpha value is -1.95. The van der Waals surface area contributed by atoms with Crippen molar-refractivity contribution < 1.29 is 24.0 Å². The molecule has 0 unspecified atom stereocenters. The van der Waals surface area contributed by atoms with Crippen LogP contribution in [0.15, 0.2) is 0 Å². The first-order valence-electron chi connectivity index (χ1n) is 12.2. The van der Waals surface area contributed by atoms with Crippen LogP contribution in [0, 0.1) is 17.8 Å². The first-order chi connectivity index (χ1) is 16.4. The average molecular weight is 530 g/mol. The summed E-state index contributed by atoms with van der Waals surface area (Å²) in [4.78, 5) is 65.8. The monoisotopic (exact) mass is 529 g/mol. The third kappa shape index (κ3) is 8.30. The van der Waals surface area contributed by atoms with E-state index in [1.807, 2.05) is 27.7 Å². The summed E-state index contributed by atoms with van der Waals surface area (Å²) in [7, 11) is 2.80. The number of rotatable bonds is 5. The van der Waals surface area contributed by atoms with Crippen molar-refractivity contribution in [2.24, 2.45) is 17.8 Å². The zero-order valence-electron chi connectivity index (χ0n) is 21.3. The predicted octanol–water partition coefficient (Wildman–Crippen LogP) is 0.567. The minimum atomic E-state index is -0.893. The van der Waals surface area contributed by atoms with Crippen molar-refractivity contribution in [1.82, 2.24) is 26.6 Å². The number of nitrogens with one attached hydrogen (secondary N) is 5. The number of hydrogen-bond donors (Lipinski definition) is 5. The Morgan fingerprint density at radius 3 is 1.69 bits per heavy atom. The largest absolute Gasteiger partial charge is 0.343 e. The lowest BCUT2D eigenvalue weighted by Gasteiger charge is -2.29. The van der Waals surface area contributed by atoms with E-state index < -0.39 is 59.7 Å². The normalized spacial score (nSPS) is 30.2. The molecule has 2 bridgehead atoms. The SMILES string of the molecule is CC[C@@H](C)[C@@H]1NC(=O)[C@@H](CC(C)C)NC(=O)[C@@H](C(C)C)NC(=O)[C@@H]2CSSC[C@@H](NC1=O)C(=O)N2. The molecule has 12 heteroatoms. The third-order valence-corrected chi connectivity index (χ3v) is 8.62. The van der Waals surface area contributed by atoms with Crippen molar-refractivity contribution in [3.8, 4) is 0 Å². The molecule has 0 aromatic carbocycles. The molecule has 2 aliphatic heterocycles. The van der Waals surface area contributed by atoms with Gasteiger partial charge >= 0.3 is 0 Å². The van der Waals surface area contributed by atoms with E-state index in [0.29, 0.717) is 24.3 Å². The third-order valence-electron chi connectivity index (χ3n) is 6.20. The van der Waals surface area contributed by atoms with Gasteiger partial charge in [-0.15, -0.1) is 0 Å². The van der Waals surface area contributed by atoms with Crippen molar-refractivity contribution >= 4 is 51.1 Å². The minimum absolute atomic E-state index is 0.0924. The molecular weight excluding hydrogens is 490 g/mol. The molecule has 0 aromatic rings. The molecule has 0 aromatic heterocycles. The number of amides is 5. The molecule has 2 rings (SSSR count). The number of carbonyl (C=O) groups excluding carboxylic acids is 5. The Kier molecular flexibility index (Phi) is 11.2. The van der Waals surface area contributed by atoms with Crippen LogP contribution >= 0.6 is 21.6 Å². The van der Waals surface area contributed by atoms with Gasteiger partial charge in [-0.3, -0.25) is 24.0 Å². The van der Waals surface area contributed by atoms with E-state index in [1.165, 1.54) is 21.6 Å². The Morgan fingerprint density at radius 1 is 0.686 bits per heavy atom. The average Bonchev–Trinajstić information content (AvgIpc) is 2.77. The van der Waals surface area contributed by atoms with Crippen LogP contribution in [-0.4, -0.2) is 71.3 Å². The summed E-state index contributed by atoms with van der Waals surface area (Å²) in [5, 5.41) is 13.9. The Bertz CT molecular complexity index is 809. The van der Waals surface area contributed by atoms with Crippen LogP contribution in [0.2, 0.25) is 0 Å². The standard InChI is InChI=1S/C23H39N5O5S2/c1-7-13(6)18-23(33)26-15-9-34-35-10-16(25-20(15)30)21(31)27-17(12(4)5)22(32)24-14(8-11(2)3)19(29)28-18/h11-18H,7-10H2,1-6H3,(H,24,32)(H,25,30)(H,26,33)(H,27,31)(H,28,29)/t13-,14-,15-,16+,17-,18+/m1/s1. The second-order valence-electron chi connectivity index (χ2n) is 9.98. The summed E-state index contributed by atoms with van der Waals surface area (Å²) in [6.07, 6.45) is 0.987. The number of hydrogen-bond acceptors (Lipinski definition) is 7. The van der Waals surface area contributed by atoms with Gasteiger partial charge in [-0.1, -0.05) is 69.6 Å². The molecule has 10 nitrogen and oxygen atoms in total. The molecule has 0 radical (unpaired) electrons. The Balaban J connectivity index is 2.49. The van der Waals surface area contributed by atoms with Crippen LogP contribution in [0.1, 0.15) is 54.4 Å². The van der Waals surface area contributed by atoms with E-state index in [-0.39, 0.29) is 17.8 Å². The molecular formula is C23H39N5O5S2. The van der Waals surface area contributed by atoms with Crippen molar-refractivity contribution in [2.45, 2.75) is 84.6 Å². The second-order valence-corrected chi connectivity index (χ2v) is 12.5. The molecule has 198 valence electrons. The van der Waals surface area contributed by atoms with Crippen LogP contribution in [0.3, 0.4) is 0 Å². The van der Waals surface area contributed by atoms with Crippen molar-refractivity contribution in [3.63, 3.8) is 0 Å². The lowest BCUT2D eigenvalue weighted by Crippen LogP contribution is -2.60. The summed E-state index contributed by atoms with van der Waals surface area (Å²) in [5.74, 6) is -2.10. The minimum Gasteiger partial charge on any atom is -0.343 e. The van der Waals surface area contributed by atoms with Crippen molar-refractivity contribution in [1.29, 1.82) is 0 Å².